The third-order valence-corrected chi connectivity index (χ3v) is 3.54. The highest BCUT2D eigenvalue weighted by Gasteiger charge is 2.22. The van der Waals surface area contributed by atoms with E-state index in [-0.39, 0.29) is 17.4 Å². The van der Waals surface area contributed by atoms with Crippen molar-refractivity contribution in [1.82, 2.24) is 10.3 Å². The lowest BCUT2D eigenvalue weighted by Gasteiger charge is -2.27. The lowest BCUT2D eigenvalue weighted by molar-refractivity contribution is 0.0906. The summed E-state index contributed by atoms with van der Waals surface area (Å²) in [5.41, 5.74) is 7.95. The average molecular weight is 259 g/mol. The predicted octanol–water partition coefficient (Wildman–Crippen LogP) is 2.91. The standard InChI is InChI=1S/C15H21N3O/c1-9(15(2,3)4)17-14(19)13-8-10-7-11(16)5-6-12(10)18-13/h5-9,18H,16H2,1-4H3,(H,17,19). The molecule has 1 atom stereocenters. The van der Waals surface area contributed by atoms with Crippen molar-refractivity contribution in [3.05, 3.63) is 30.0 Å². The first-order chi connectivity index (χ1) is 8.77. The van der Waals surface area contributed by atoms with Gasteiger partial charge in [0, 0.05) is 22.6 Å². The van der Waals surface area contributed by atoms with E-state index in [1.807, 2.05) is 31.2 Å². The van der Waals surface area contributed by atoms with E-state index in [4.69, 9.17) is 5.73 Å². The van der Waals surface area contributed by atoms with Gasteiger partial charge in [-0.1, -0.05) is 20.8 Å². The largest absolute Gasteiger partial charge is 0.399 e. The summed E-state index contributed by atoms with van der Waals surface area (Å²) in [4.78, 5) is 15.3. The fourth-order valence-electron chi connectivity index (χ4n) is 1.76. The summed E-state index contributed by atoms with van der Waals surface area (Å²) in [5.74, 6) is -0.0859. The second-order valence-corrected chi connectivity index (χ2v) is 6.09. The molecular formula is C15H21N3O. The molecule has 0 spiro atoms. The normalized spacial score (nSPS) is 13.5. The van der Waals surface area contributed by atoms with Crippen LogP contribution in [-0.2, 0) is 0 Å². The van der Waals surface area contributed by atoms with Crippen LogP contribution in [0.4, 0.5) is 5.69 Å². The Morgan fingerprint density at radius 1 is 1.32 bits per heavy atom. The lowest BCUT2D eigenvalue weighted by atomic mass is 9.88. The quantitative estimate of drug-likeness (QED) is 0.726. The Bertz CT molecular complexity index is 607. The van der Waals surface area contributed by atoms with Crippen LogP contribution >= 0.6 is 0 Å². The van der Waals surface area contributed by atoms with Crippen LogP contribution in [0.3, 0.4) is 0 Å². The van der Waals surface area contributed by atoms with Gasteiger partial charge in [0.25, 0.3) is 5.91 Å². The fourth-order valence-corrected chi connectivity index (χ4v) is 1.76. The molecule has 1 aromatic heterocycles. The molecule has 0 aliphatic carbocycles. The molecule has 0 aliphatic heterocycles. The number of fused-ring (bicyclic) bond motifs is 1. The van der Waals surface area contributed by atoms with Crippen LogP contribution in [0, 0.1) is 5.41 Å². The van der Waals surface area contributed by atoms with Crippen molar-refractivity contribution in [2.45, 2.75) is 33.7 Å². The average Bonchev–Trinajstić information content (AvgIpc) is 2.70. The molecule has 0 bridgehead atoms. The van der Waals surface area contributed by atoms with E-state index in [9.17, 15) is 4.79 Å². The monoisotopic (exact) mass is 259 g/mol. The van der Waals surface area contributed by atoms with E-state index >= 15 is 0 Å². The van der Waals surface area contributed by atoms with E-state index in [0.717, 1.165) is 10.9 Å². The van der Waals surface area contributed by atoms with Crippen molar-refractivity contribution in [3.63, 3.8) is 0 Å². The van der Waals surface area contributed by atoms with Gasteiger partial charge in [-0.3, -0.25) is 4.79 Å². The van der Waals surface area contributed by atoms with E-state index in [1.165, 1.54) is 0 Å². The number of aromatic nitrogens is 1. The number of nitrogens with two attached hydrogens (primary N) is 1. The molecular weight excluding hydrogens is 238 g/mol. The number of carbonyl (C=O) groups is 1. The van der Waals surface area contributed by atoms with Crippen LogP contribution in [0.15, 0.2) is 24.3 Å². The van der Waals surface area contributed by atoms with Crippen LogP contribution < -0.4 is 11.1 Å². The molecule has 0 fully saturated rings. The molecule has 0 saturated carbocycles. The van der Waals surface area contributed by atoms with Crippen LogP contribution in [0.1, 0.15) is 38.2 Å². The topological polar surface area (TPSA) is 70.9 Å². The zero-order valence-electron chi connectivity index (χ0n) is 11.9. The minimum Gasteiger partial charge on any atom is -0.399 e. The van der Waals surface area contributed by atoms with Gasteiger partial charge >= 0.3 is 0 Å². The minimum absolute atomic E-state index is 0.0338. The number of H-pyrrole nitrogens is 1. The van der Waals surface area contributed by atoms with E-state index in [0.29, 0.717) is 11.4 Å². The zero-order valence-corrected chi connectivity index (χ0v) is 11.9. The van der Waals surface area contributed by atoms with Gasteiger partial charge < -0.3 is 16.0 Å². The van der Waals surface area contributed by atoms with Crippen LogP contribution in [0.5, 0.6) is 0 Å². The van der Waals surface area contributed by atoms with Gasteiger partial charge in [0.15, 0.2) is 0 Å². The first kappa shape index (κ1) is 13.5. The maximum absolute atomic E-state index is 12.2. The number of rotatable bonds is 2. The minimum atomic E-state index is -0.0859. The predicted molar refractivity (Wildman–Crippen MR) is 79.1 cm³/mol. The Morgan fingerprint density at radius 3 is 2.63 bits per heavy atom. The van der Waals surface area contributed by atoms with Gasteiger partial charge in [0.1, 0.15) is 5.69 Å². The van der Waals surface area contributed by atoms with E-state index < -0.39 is 0 Å². The Labute approximate surface area is 113 Å². The van der Waals surface area contributed by atoms with Gasteiger partial charge in [0.2, 0.25) is 0 Å². The second-order valence-electron chi connectivity index (χ2n) is 6.09. The molecule has 2 rings (SSSR count). The van der Waals surface area contributed by atoms with Crippen molar-refractivity contribution in [2.24, 2.45) is 5.41 Å². The summed E-state index contributed by atoms with van der Waals surface area (Å²) >= 11 is 0. The van der Waals surface area contributed by atoms with Crippen LogP contribution in [0.25, 0.3) is 10.9 Å². The van der Waals surface area contributed by atoms with Crippen molar-refractivity contribution in [2.75, 3.05) is 5.73 Å². The summed E-state index contributed by atoms with van der Waals surface area (Å²) < 4.78 is 0. The molecule has 1 aromatic carbocycles. The highest BCUT2D eigenvalue weighted by Crippen LogP contribution is 2.21. The first-order valence-electron chi connectivity index (χ1n) is 6.46. The van der Waals surface area contributed by atoms with Gasteiger partial charge in [-0.2, -0.15) is 0 Å². The van der Waals surface area contributed by atoms with Gasteiger partial charge in [-0.15, -0.1) is 0 Å². The molecule has 0 aliphatic rings. The summed E-state index contributed by atoms with van der Waals surface area (Å²) in [6, 6.07) is 7.48. The third kappa shape index (κ3) is 2.89. The number of benzene rings is 1. The first-order valence-corrected chi connectivity index (χ1v) is 6.46. The highest BCUT2D eigenvalue weighted by atomic mass is 16.1. The summed E-state index contributed by atoms with van der Waals surface area (Å²) in [6.45, 7) is 8.32. The molecule has 19 heavy (non-hydrogen) atoms. The molecule has 4 N–H and O–H groups in total. The maximum Gasteiger partial charge on any atom is 0.267 e. The number of carbonyl (C=O) groups excluding carboxylic acids is 1. The molecule has 102 valence electrons. The van der Waals surface area contributed by atoms with Gasteiger partial charge in [-0.05, 0) is 36.6 Å². The molecule has 0 radical (unpaired) electrons. The van der Waals surface area contributed by atoms with Crippen molar-refractivity contribution in [1.29, 1.82) is 0 Å². The highest BCUT2D eigenvalue weighted by molar-refractivity contribution is 5.98. The molecule has 1 heterocycles. The Morgan fingerprint density at radius 2 is 2.00 bits per heavy atom. The Kier molecular flexibility index (Phi) is 3.27. The smallest absolute Gasteiger partial charge is 0.267 e. The third-order valence-electron chi connectivity index (χ3n) is 3.54. The number of nitrogen functional groups attached to an aromatic ring is 1. The molecule has 1 amide bonds. The Hall–Kier alpha value is -1.97. The molecule has 1 unspecified atom stereocenters. The molecule has 2 aromatic rings. The van der Waals surface area contributed by atoms with E-state index in [2.05, 4.69) is 31.1 Å². The molecule has 4 nitrogen and oxygen atoms in total. The number of hydrogen-bond donors (Lipinski definition) is 3. The zero-order chi connectivity index (χ0) is 14.2. The molecule has 4 heteroatoms. The summed E-state index contributed by atoms with van der Waals surface area (Å²) in [6.07, 6.45) is 0. The van der Waals surface area contributed by atoms with Crippen LogP contribution in [0.2, 0.25) is 0 Å². The number of hydrogen-bond acceptors (Lipinski definition) is 2. The van der Waals surface area contributed by atoms with Gasteiger partial charge in [0.05, 0.1) is 0 Å². The van der Waals surface area contributed by atoms with Crippen molar-refractivity contribution >= 4 is 22.5 Å². The fraction of sp³-hybridized carbons (Fsp3) is 0.400. The van der Waals surface area contributed by atoms with Crippen molar-refractivity contribution in [3.8, 4) is 0 Å². The number of aromatic amines is 1. The molecule has 0 saturated heterocycles. The number of anilines is 1. The van der Waals surface area contributed by atoms with Crippen LogP contribution in [-0.4, -0.2) is 16.9 Å². The summed E-state index contributed by atoms with van der Waals surface area (Å²) in [5, 5.41) is 3.96. The second kappa shape index (κ2) is 4.61. The van der Waals surface area contributed by atoms with Crippen molar-refractivity contribution < 1.29 is 4.79 Å². The Balaban J connectivity index is 2.22. The summed E-state index contributed by atoms with van der Waals surface area (Å²) in [7, 11) is 0. The number of amides is 1. The van der Waals surface area contributed by atoms with Gasteiger partial charge in [-0.25, -0.2) is 0 Å². The number of nitrogens with one attached hydrogen (secondary N) is 2. The van der Waals surface area contributed by atoms with E-state index in [1.54, 1.807) is 0 Å². The maximum atomic E-state index is 12.2. The SMILES string of the molecule is CC(NC(=O)c1cc2cc(N)ccc2[nH]1)C(C)(C)C. The lowest BCUT2D eigenvalue weighted by Crippen LogP contribution is -2.41.